The number of fused-ring (bicyclic) bond motifs is 2. The van der Waals surface area contributed by atoms with E-state index in [4.69, 9.17) is 4.74 Å². The lowest BCUT2D eigenvalue weighted by molar-refractivity contribution is -0.617. The topological polar surface area (TPSA) is 73.5 Å². The Labute approximate surface area is 193 Å². The van der Waals surface area contributed by atoms with Gasteiger partial charge in [0.1, 0.15) is 18.2 Å². The van der Waals surface area contributed by atoms with Gasteiger partial charge < -0.3 is 8.92 Å². The highest BCUT2D eigenvalue weighted by Gasteiger charge is 2.49. The van der Waals surface area contributed by atoms with E-state index in [1.807, 2.05) is 0 Å². The molecule has 0 spiro atoms. The van der Waals surface area contributed by atoms with E-state index in [0.29, 0.717) is 27.8 Å². The zero-order valence-electron chi connectivity index (χ0n) is 18.3. The van der Waals surface area contributed by atoms with Gasteiger partial charge in [-0.2, -0.15) is 26.2 Å². The quantitative estimate of drug-likeness (QED) is 0.102. The molecule has 0 aliphatic carbocycles. The first kappa shape index (κ1) is 23.5. The van der Waals surface area contributed by atoms with Crippen molar-refractivity contribution in [2.45, 2.75) is 19.4 Å². The Bertz CT molecular complexity index is 1540. The lowest BCUT2D eigenvalue weighted by atomic mass is 10.0. The zero-order valence-corrected chi connectivity index (χ0v) is 19.1. The number of alkyl halides is 3. The van der Waals surface area contributed by atoms with Crippen molar-refractivity contribution in [3.05, 3.63) is 77.4 Å². The van der Waals surface area contributed by atoms with Gasteiger partial charge in [-0.05, 0) is 37.1 Å². The summed E-state index contributed by atoms with van der Waals surface area (Å²) in [7, 11) is -4.34. The molecular weight excluding hydrogens is 471 g/mol. The summed E-state index contributed by atoms with van der Waals surface area (Å²) in [5.41, 5.74) is -3.53. The molecule has 0 unspecified atom stereocenters. The molecule has 1 heterocycles. The summed E-state index contributed by atoms with van der Waals surface area (Å²) in [4.78, 5) is 13.5. The van der Waals surface area contributed by atoms with E-state index in [1.54, 1.807) is 74.0 Å². The van der Waals surface area contributed by atoms with Gasteiger partial charge in [0.15, 0.2) is 5.75 Å². The molecule has 0 aliphatic rings. The second-order valence-electron chi connectivity index (χ2n) is 7.70. The highest BCUT2D eigenvalue weighted by atomic mass is 32.2. The van der Waals surface area contributed by atoms with Gasteiger partial charge in [-0.1, -0.05) is 36.4 Å². The van der Waals surface area contributed by atoms with Crippen molar-refractivity contribution in [1.82, 2.24) is 0 Å². The van der Waals surface area contributed by atoms with Crippen LogP contribution >= 0.6 is 0 Å². The number of halogens is 3. The summed E-state index contributed by atoms with van der Waals surface area (Å²) in [5, 5.41) is 0.238. The molecular formula is C24H19F3NO5S+. The smallest absolute Gasteiger partial charge is 0.422 e. The number of hydrogen-bond acceptors (Lipinski definition) is 5. The molecule has 4 aromatic rings. The standard InChI is InChI=1S/C24H19F3NO5S/c1-14-8-6-9-15(2)22(14)32-23(29)20-16-10-4-5-11-17(16)28(3)18-12-7-13-19(21(18)20)33-34(30,31)24(25,26)27/h4-13H,1-3H3/q+1. The zero-order chi connectivity index (χ0) is 24.8. The van der Waals surface area contributed by atoms with Crippen LogP contribution in [0.4, 0.5) is 13.2 Å². The van der Waals surface area contributed by atoms with Crippen LogP contribution in [0.2, 0.25) is 0 Å². The average Bonchev–Trinajstić information content (AvgIpc) is 2.76. The number of para-hydroxylation sites is 2. The third-order valence-electron chi connectivity index (χ3n) is 5.44. The number of carbonyl (C=O) groups excluding carboxylic acids is 1. The van der Waals surface area contributed by atoms with Gasteiger partial charge in [-0.25, -0.2) is 4.79 Å². The minimum atomic E-state index is -5.98. The van der Waals surface area contributed by atoms with Gasteiger partial charge in [0, 0.05) is 12.1 Å². The molecule has 34 heavy (non-hydrogen) atoms. The number of hydrogen-bond donors (Lipinski definition) is 0. The predicted octanol–water partition coefficient (Wildman–Crippen LogP) is 4.88. The highest BCUT2D eigenvalue weighted by molar-refractivity contribution is 7.88. The summed E-state index contributed by atoms with van der Waals surface area (Å²) in [5.74, 6) is -1.19. The van der Waals surface area contributed by atoms with Crippen molar-refractivity contribution in [3.8, 4) is 11.5 Å². The van der Waals surface area contributed by atoms with Crippen LogP contribution in [0.1, 0.15) is 21.5 Å². The van der Waals surface area contributed by atoms with E-state index >= 15 is 0 Å². The minimum Gasteiger partial charge on any atom is -0.422 e. The second kappa shape index (κ2) is 8.28. The Morgan fingerprint density at radius 1 is 0.882 bits per heavy atom. The monoisotopic (exact) mass is 490 g/mol. The molecule has 1 aromatic heterocycles. The van der Waals surface area contributed by atoms with Crippen molar-refractivity contribution < 1.29 is 39.9 Å². The molecule has 0 atom stereocenters. The van der Waals surface area contributed by atoms with Gasteiger partial charge in [0.25, 0.3) is 0 Å². The normalized spacial score (nSPS) is 12.2. The molecule has 6 nitrogen and oxygen atoms in total. The number of aryl methyl sites for hydroxylation is 3. The van der Waals surface area contributed by atoms with Crippen LogP contribution in [0.3, 0.4) is 0 Å². The summed E-state index contributed by atoms with van der Waals surface area (Å²) in [6.45, 7) is 3.50. The second-order valence-corrected chi connectivity index (χ2v) is 9.23. The maximum absolute atomic E-state index is 13.5. The van der Waals surface area contributed by atoms with E-state index in [9.17, 15) is 26.4 Å². The van der Waals surface area contributed by atoms with E-state index in [0.717, 1.165) is 6.07 Å². The number of nitrogens with zero attached hydrogens (tertiary/aromatic N) is 1. The number of aromatic nitrogens is 1. The van der Waals surface area contributed by atoms with E-state index in [-0.39, 0.29) is 16.5 Å². The van der Waals surface area contributed by atoms with Crippen LogP contribution in [-0.2, 0) is 17.2 Å². The van der Waals surface area contributed by atoms with Gasteiger partial charge >= 0.3 is 21.6 Å². The number of pyridine rings is 1. The van der Waals surface area contributed by atoms with Crippen molar-refractivity contribution in [2.24, 2.45) is 7.05 Å². The summed E-state index contributed by atoms with van der Waals surface area (Å²) in [6.07, 6.45) is 0. The fraction of sp³-hybridized carbons (Fsp3) is 0.167. The largest absolute Gasteiger partial charge is 0.534 e. The summed E-state index contributed by atoms with van der Waals surface area (Å²) >= 11 is 0. The molecule has 0 amide bonds. The van der Waals surface area contributed by atoms with Gasteiger partial charge in [-0.15, -0.1) is 0 Å². The molecule has 0 saturated heterocycles. The third kappa shape index (κ3) is 3.94. The number of rotatable bonds is 4. The van der Waals surface area contributed by atoms with E-state index < -0.39 is 27.3 Å². The molecule has 0 fully saturated rings. The van der Waals surface area contributed by atoms with Crippen LogP contribution in [0.25, 0.3) is 21.8 Å². The lowest BCUT2D eigenvalue weighted by Gasteiger charge is -2.15. The number of esters is 1. The molecule has 0 saturated carbocycles. The van der Waals surface area contributed by atoms with Crippen LogP contribution in [-0.4, -0.2) is 19.9 Å². The van der Waals surface area contributed by atoms with Gasteiger partial charge in [-0.3, -0.25) is 0 Å². The summed E-state index contributed by atoms with van der Waals surface area (Å²) in [6, 6.07) is 16.0. The molecule has 10 heteroatoms. The van der Waals surface area contributed by atoms with Crippen molar-refractivity contribution in [3.63, 3.8) is 0 Å². The van der Waals surface area contributed by atoms with Crippen LogP contribution < -0.4 is 13.5 Å². The Kier molecular flexibility index (Phi) is 5.72. The molecule has 0 aliphatic heterocycles. The maximum Gasteiger partial charge on any atom is 0.534 e. The van der Waals surface area contributed by atoms with E-state index in [2.05, 4.69) is 4.18 Å². The first-order valence-corrected chi connectivity index (χ1v) is 11.5. The minimum absolute atomic E-state index is 0.112. The lowest BCUT2D eigenvalue weighted by Crippen LogP contribution is -2.32. The molecule has 4 rings (SSSR count). The Morgan fingerprint density at radius 3 is 2.12 bits per heavy atom. The molecule has 0 N–H and O–H groups in total. The van der Waals surface area contributed by atoms with Crippen LogP contribution in [0.5, 0.6) is 11.5 Å². The number of benzene rings is 3. The first-order chi connectivity index (χ1) is 15.9. The molecule has 3 aromatic carbocycles. The van der Waals surface area contributed by atoms with Crippen LogP contribution in [0, 0.1) is 13.8 Å². The fourth-order valence-corrected chi connectivity index (χ4v) is 4.31. The van der Waals surface area contributed by atoms with Crippen LogP contribution in [0.15, 0.2) is 60.7 Å². The number of carbonyl (C=O) groups is 1. The molecule has 176 valence electrons. The predicted molar refractivity (Wildman–Crippen MR) is 119 cm³/mol. The number of ether oxygens (including phenoxy) is 1. The molecule has 0 bridgehead atoms. The van der Waals surface area contributed by atoms with Crippen molar-refractivity contribution in [2.75, 3.05) is 0 Å². The highest BCUT2D eigenvalue weighted by Crippen LogP contribution is 2.36. The first-order valence-electron chi connectivity index (χ1n) is 10.0. The van der Waals surface area contributed by atoms with Gasteiger partial charge in [0.2, 0.25) is 11.0 Å². The Hall–Kier alpha value is -3.66. The Morgan fingerprint density at radius 2 is 1.47 bits per heavy atom. The SMILES string of the molecule is Cc1cccc(C)c1OC(=O)c1c2ccccc2[n+](C)c2cccc(OS(=O)(=O)C(F)(F)F)c12. The van der Waals surface area contributed by atoms with Crippen molar-refractivity contribution >= 4 is 37.9 Å². The van der Waals surface area contributed by atoms with Gasteiger partial charge in [0.05, 0.1) is 10.9 Å². The fourth-order valence-electron chi connectivity index (χ4n) is 3.84. The van der Waals surface area contributed by atoms with E-state index in [1.165, 1.54) is 6.07 Å². The third-order valence-corrected chi connectivity index (χ3v) is 6.41. The summed E-state index contributed by atoms with van der Waals surface area (Å²) < 4.78 is 74.7. The molecule has 0 radical (unpaired) electrons. The maximum atomic E-state index is 13.5. The average molecular weight is 490 g/mol. The Balaban J connectivity index is 2.04. The van der Waals surface area contributed by atoms with Crippen molar-refractivity contribution in [1.29, 1.82) is 0 Å².